The van der Waals surface area contributed by atoms with E-state index in [4.69, 9.17) is 19.9 Å². The van der Waals surface area contributed by atoms with Gasteiger partial charge in [-0.15, -0.1) is 0 Å². The second-order valence-corrected chi connectivity index (χ2v) is 6.79. The van der Waals surface area contributed by atoms with E-state index in [1.807, 2.05) is 6.92 Å². The molecular weight excluding hydrogens is 430 g/mol. The molecule has 0 aliphatic carbocycles. The van der Waals surface area contributed by atoms with Gasteiger partial charge in [0.25, 0.3) is 5.91 Å². The molecule has 2 atom stereocenters. The van der Waals surface area contributed by atoms with Crippen LogP contribution in [0.5, 0.6) is 0 Å². The molecule has 1 fully saturated rings. The zero-order valence-corrected chi connectivity index (χ0v) is 18.3. The predicted octanol–water partition coefficient (Wildman–Crippen LogP) is 1.83. The maximum absolute atomic E-state index is 13.3. The van der Waals surface area contributed by atoms with E-state index in [-0.39, 0.29) is 19.6 Å². The van der Waals surface area contributed by atoms with E-state index in [9.17, 15) is 19.2 Å². The molecule has 1 aromatic carbocycles. The van der Waals surface area contributed by atoms with Gasteiger partial charge in [0.1, 0.15) is 6.10 Å². The number of nitrogens with one attached hydrogen (secondary N) is 1. The van der Waals surface area contributed by atoms with Crippen molar-refractivity contribution in [1.29, 1.82) is 0 Å². The lowest BCUT2D eigenvalue weighted by atomic mass is 9.74. The number of rotatable bonds is 10. The first-order chi connectivity index (χ1) is 14.9. The van der Waals surface area contributed by atoms with E-state index in [2.05, 4.69) is 17.2 Å². The second kappa shape index (κ2) is 12.9. The summed E-state index contributed by atoms with van der Waals surface area (Å²) in [7, 11) is 0. The van der Waals surface area contributed by atoms with Crippen molar-refractivity contribution in [2.75, 3.05) is 19.8 Å². The summed E-state index contributed by atoms with van der Waals surface area (Å²) in [5.74, 6) is -1.35. The Balaban J connectivity index is 0.00000233. The van der Waals surface area contributed by atoms with Gasteiger partial charge >= 0.3 is 12.1 Å². The average molecular weight is 458 g/mol. The van der Waals surface area contributed by atoms with Gasteiger partial charge in [0.15, 0.2) is 5.41 Å². The van der Waals surface area contributed by atoms with Crippen LogP contribution in [0.3, 0.4) is 0 Å². The highest BCUT2D eigenvalue weighted by molar-refractivity contribution is 6.22. The zero-order chi connectivity index (χ0) is 23.4. The molecule has 2 rings (SSSR count). The fourth-order valence-corrected chi connectivity index (χ4v) is 3.30. The van der Waals surface area contributed by atoms with Crippen LogP contribution in [0.15, 0.2) is 30.3 Å². The number of carbonyl (C=O) groups excluding carboxylic acids is 4. The highest BCUT2D eigenvalue weighted by Gasteiger charge is 2.54. The summed E-state index contributed by atoms with van der Waals surface area (Å²) in [5, 5.41) is 2.25. The topological polar surface area (TPSA) is 148 Å². The summed E-state index contributed by atoms with van der Waals surface area (Å²) in [5.41, 5.74) is 4.05. The Morgan fingerprint density at radius 3 is 2.42 bits per heavy atom. The van der Waals surface area contributed by atoms with E-state index >= 15 is 0 Å². The van der Waals surface area contributed by atoms with E-state index in [1.165, 1.54) is 0 Å². The Hall–Kier alpha value is -2.69. The van der Waals surface area contributed by atoms with Crippen molar-refractivity contribution in [2.24, 2.45) is 5.73 Å². The first-order valence-corrected chi connectivity index (χ1v) is 10.1. The number of benzene rings is 1. The summed E-state index contributed by atoms with van der Waals surface area (Å²) < 4.78 is 17.0. The molecule has 0 spiro atoms. The van der Waals surface area contributed by atoms with E-state index in [1.54, 1.807) is 37.3 Å². The van der Waals surface area contributed by atoms with Crippen molar-refractivity contribution in [3.8, 4) is 0 Å². The molecule has 0 aromatic heterocycles. The van der Waals surface area contributed by atoms with Crippen molar-refractivity contribution in [2.45, 2.75) is 44.6 Å². The number of unbranched alkanes of at least 4 members (excludes halogenated alkanes) is 1. The fraction of sp³-hybridized carbons (Fsp3) is 0.500. The van der Waals surface area contributed by atoms with Crippen LogP contribution in [0.25, 0.3) is 0 Å². The molecule has 0 bridgehead atoms. The molecule has 1 aromatic rings. The molecule has 2 unspecified atom stereocenters. The van der Waals surface area contributed by atoms with Crippen LogP contribution in [0.2, 0.25) is 0 Å². The largest absolute Gasteiger partial charge is 0.442 e. The number of halogens is 1. The van der Waals surface area contributed by atoms with Crippen molar-refractivity contribution in [3.05, 3.63) is 35.9 Å². The third-order valence-corrected chi connectivity index (χ3v) is 4.88. The lowest BCUT2D eigenvalue weighted by Crippen LogP contribution is -2.67. The van der Waals surface area contributed by atoms with Gasteiger partial charge in [-0.3, -0.25) is 24.5 Å². The third kappa shape index (κ3) is 6.39. The summed E-state index contributed by atoms with van der Waals surface area (Å²) in [4.78, 5) is 50.6. The molecule has 1 heterocycles. The van der Waals surface area contributed by atoms with Gasteiger partial charge in [0.05, 0.1) is 25.0 Å². The number of nitrogens with zero attached hydrogens (tertiary/aromatic N) is 1. The molecule has 4 N–H and O–H groups in total. The molecule has 1 aliphatic rings. The number of urea groups is 1. The van der Waals surface area contributed by atoms with Gasteiger partial charge in [-0.05, 0) is 18.4 Å². The highest BCUT2D eigenvalue weighted by Crippen LogP contribution is 2.33. The van der Waals surface area contributed by atoms with Gasteiger partial charge in [-0.2, -0.15) is 0 Å². The number of imide groups is 2. The molecule has 11 heteroatoms. The number of barbiturate groups is 1. The summed E-state index contributed by atoms with van der Waals surface area (Å²) in [6, 6.07) is 7.67. The predicted molar refractivity (Wildman–Crippen MR) is 112 cm³/mol. The minimum absolute atomic E-state index is 0.0294. The van der Waals surface area contributed by atoms with Crippen LogP contribution >= 0.6 is 11.9 Å². The first-order valence-electron chi connectivity index (χ1n) is 9.80. The van der Waals surface area contributed by atoms with Crippen LogP contribution in [-0.2, 0) is 24.5 Å². The Bertz CT molecular complexity index is 762. The van der Waals surface area contributed by atoms with Gasteiger partial charge in [-0.1, -0.05) is 50.6 Å². The molecule has 5 amide bonds. The Labute approximate surface area is 185 Å². The van der Waals surface area contributed by atoms with Crippen molar-refractivity contribution in [1.82, 2.24) is 10.2 Å². The van der Waals surface area contributed by atoms with E-state index in [0.717, 1.165) is 17.7 Å². The first kappa shape index (κ1) is 26.3. The zero-order valence-electron chi connectivity index (χ0n) is 17.5. The third-order valence-electron chi connectivity index (χ3n) is 4.88. The maximum atomic E-state index is 13.3. The minimum atomic E-state index is -1.55. The number of amides is 5. The average Bonchev–Trinajstić information content (AvgIpc) is 2.76. The number of hydrogen-bond donors (Lipinski definition) is 3. The molecule has 31 heavy (non-hydrogen) atoms. The maximum Gasteiger partial charge on any atom is 0.404 e. The number of primary amides is 1. The van der Waals surface area contributed by atoms with Crippen LogP contribution in [-0.4, -0.2) is 59.4 Å². The molecular formula is C20H28ClN3O7. The van der Waals surface area contributed by atoms with Crippen LogP contribution in [0, 0.1) is 0 Å². The van der Waals surface area contributed by atoms with Crippen LogP contribution in [0.1, 0.15) is 38.7 Å². The lowest BCUT2D eigenvalue weighted by molar-refractivity contribution is -0.146. The number of ether oxygens (including phenoxy) is 2. The lowest BCUT2D eigenvalue weighted by Gasteiger charge is -2.39. The monoisotopic (exact) mass is 457 g/mol. The fourth-order valence-electron chi connectivity index (χ4n) is 3.30. The molecule has 10 nitrogen and oxygen atoms in total. The van der Waals surface area contributed by atoms with Crippen LogP contribution in [0.4, 0.5) is 9.59 Å². The highest BCUT2D eigenvalue weighted by atomic mass is 35.5. The molecule has 172 valence electrons. The number of nitrogens with two attached hydrogens (primary N) is 1. The standard InChI is InChI=1S/C20H27N3O6.ClHO/c1-3-5-11-28-13-15(29-18(21)26)12-23-17(25)20(4-2,16(24)22-19(23)27)14-9-7-6-8-10-14;1-2/h6-10,15H,3-5,11-13H2,1-2H3,(H2,21,26)(H,22,24,27);2H. The summed E-state index contributed by atoms with van der Waals surface area (Å²) >= 11 is 3.64. The summed E-state index contributed by atoms with van der Waals surface area (Å²) in [6.45, 7) is 3.84. The Kier molecular flexibility index (Phi) is 10.9. The van der Waals surface area contributed by atoms with E-state index < -0.39 is 35.5 Å². The summed E-state index contributed by atoms with van der Waals surface area (Å²) in [6.07, 6.45) is -0.0994. The molecule has 1 saturated heterocycles. The number of carbonyl (C=O) groups is 4. The molecule has 0 radical (unpaired) electrons. The second-order valence-electron chi connectivity index (χ2n) is 6.79. The van der Waals surface area contributed by atoms with Gasteiger partial charge < -0.3 is 15.2 Å². The molecule has 1 aliphatic heterocycles. The normalized spacial score (nSPS) is 19.2. The van der Waals surface area contributed by atoms with Gasteiger partial charge in [0.2, 0.25) is 5.91 Å². The molecule has 0 saturated carbocycles. The smallest absolute Gasteiger partial charge is 0.404 e. The number of hydrogen-bond acceptors (Lipinski definition) is 7. The minimum Gasteiger partial charge on any atom is -0.442 e. The van der Waals surface area contributed by atoms with E-state index in [0.29, 0.717) is 12.2 Å². The van der Waals surface area contributed by atoms with Crippen molar-refractivity contribution < 1.29 is 33.3 Å². The SMILES string of the molecule is CCCCOCC(CN1C(=O)NC(=O)C(CC)(c2ccccc2)C1=O)OC(N)=O.OCl. The van der Waals surface area contributed by atoms with Gasteiger partial charge in [0, 0.05) is 6.61 Å². The van der Waals surface area contributed by atoms with Crippen LogP contribution < -0.4 is 11.1 Å². The Morgan fingerprint density at radius 1 is 1.23 bits per heavy atom. The van der Waals surface area contributed by atoms with Crippen molar-refractivity contribution >= 4 is 35.8 Å². The Morgan fingerprint density at radius 2 is 1.87 bits per heavy atom. The van der Waals surface area contributed by atoms with Gasteiger partial charge in [-0.25, -0.2) is 9.59 Å². The van der Waals surface area contributed by atoms with Crippen molar-refractivity contribution in [3.63, 3.8) is 0 Å². The quantitative estimate of drug-likeness (QED) is 0.358.